The maximum absolute atomic E-state index is 13.4. The number of benzene rings is 1. The summed E-state index contributed by atoms with van der Waals surface area (Å²) in [6.45, 7) is 3.69. The Balaban J connectivity index is 1.73. The van der Waals surface area contributed by atoms with Crippen LogP contribution in [0.3, 0.4) is 0 Å². The van der Waals surface area contributed by atoms with Crippen molar-refractivity contribution in [3.63, 3.8) is 0 Å². The van der Waals surface area contributed by atoms with Gasteiger partial charge in [0.15, 0.2) is 5.82 Å². The Morgan fingerprint density at radius 2 is 2.12 bits per heavy atom. The van der Waals surface area contributed by atoms with E-state index in [-0.39, 0.29) is 30.6 Å². The number of aryl methyl sites for hydroxylation is 2. The van der Waals surface area contributed by atoms with Gasteiger partial charge < -0.3 is 10.2 Å². The minimum Gasteiger partial charge on any atom is -0.312 e. The van der Waals surface area contributed by atoms with Crippen LogP contribution >= 0.6 is 0 Å². The molecule has 0 bridgehead atoms. The molecule has 1 aliphatic heterocycles. The van der Waals surface area contributed by atoms with Crippen LogP contribution in [0.2, 0.25) is 0 Å². The lowest BCUT2D eigenvalue weighted by Crippen LogP contribution is -2.28. The summed E-state index contributed by atoms with van der Waals surface area (Å²) in [5, 5.41) is 10.4. The molecular formula is C16H18FN5O2. The fraction of sp³-hybridized carbons (Fsp3) is 0.375. The fourth-order valence-electron chi connectivity index (χ4n) is 2.67. The van der Waals surface area contributed by atoms with Crippen molar-refractivity contribution in [3.8, 4) is 0 Å². The highest BCUT2D eigenvalue weighted by molar-refractivity contribution is 6.03. The second-order valence-corrected chi connectivity index (χ2v) is 5.98. The molecule has 126 valence electrons. The number of hydrogen-bond acceptors (Lipinski definition) is 4. The van der Waals surface area contributed by atoms with Gasteiger partial charge >= 0.3 is 0 Å². The molecule has 1 fully saturated rings. The zero-order valence-electron chi connectivity index (χ0n) is 13.7. The molecule has 0 radical (unpaired) electrons. The first-order valence-electron chi connectivity index (χ1n) is 7.60. The molecule has 0 spiro atoms. The summed E-state index contributed by atoms with van der Waals surface area (Å²) in [5.41, 5.74) is 1.80. The van der Waals surface area contributed by atoms with Crippen LogP contribution in [0.25, 0.3) is 0 Å². The van der Waals surface area contributed by atoms with Crippen molar-refractivity contribution in [1.82, 2.24) is 15.0 Å². The van der Waals surface area contributed by atoms with Gasteiger partial charge in [0.25, 0.3) is 0 Å². The molecule has 24 heavy (non-hydrogen) atoms. The number of amides is 2. The van der Waals surface area contributed by atoms with E-state index in [2.05, 4.69) is 15.6 Å². The van der Waals surface area contributed by atoms with E-state index in [9.17, 15) is 14.0 Å². The van der Waals surface area contributed by atoms with Crippen molar-refractivity contribution >= 4 is 23.3 Å². The van der Waals surface area contributed by atoms with Gasteiger partial charge in [0.2, 0.25) is 11.8 Å². The maximum Gasteiger partial charge on any atom is 0.231 e. The Bertz CT molecular complexity index is 817. The highest BCUT2D eigenvalue weighted by Crippen LogP contribution is 2.27. The van der Waals surface area contributed by atoms with Crippen LogP contribution in [0.5, 0.6) is 0 Å². The molecule has 1 saturated heterocycles. The van der Waals surface area contributed by atoms with Crippen LogP contribution in [0.15, 0.2) is 18.2 Å². The molecule has 2 amide bonds. The molecule has 0 saturated carbocycles. The third kappa shape index (κ3) is 2.86. The van der Waals surface area contributed by atoms with Gasteiger partial charge in [-0.25, -0.2) is 4.39 Å². The monoisotopic (exact) mass is 331 g/mol. The van der Waals surface area contributed by atoms with Crippen molar-refractivity contribution in [1.29, 1.82) is 0 Å². The summed E-state index contributed by atoms with van der Waals surface area (Å²) >= 11 is 0. The van der Waals surface area contributed by atoms with Gasteiger partial charge in [-0.3, -0.25) is 14.3 Å². The lowest BCUT2D eigenvalue weighted by atomic mass is 10.1. The Labute approximate surface area is 138 Å². The molecule has 1 N–H and O–H groups in total. The van der Waals surface area contributed by atoms with Crippen LogP contribution in [-0.2, 0) is 16.6 Å². The summed E-state index contributed by atoms with van der Waals surface area (Å²) in [4.78, 5) is 26.1. The lowest BCUT2D eigenvalue weighted by Gasteiger charge is -2.17. The number of rotatable bonds is 3. The van der Waals surface area contributed by atoms with Crippen molar-refractivity contribution in [2.24, 2.45) is 13.0 Å². The van der Waals surface area contributed by atoms with Crippen LogP contribution in [-0.4, -0.2) is 33.4 Å². The Hall–Kier alpha value is -2.77. The fourth-order valence-corrected chi connectivity index (χ4v) is 2.67. The number of halogens is 1. The van der Waals surface area contributed by atoms with Gasteiger partial charge in [-0.2, -0.15) is 0 Å². The average Bonchev–Trinajstić information content (AvgIpc) is 3.08. The maximum atomic E-state index is 13.4. The van der Waals surface area contributed by atoms with Gasteiger partial charge in [0.1, 0.15) is 5.82 Å². The summed E-state index contributed by atoms with van der Waals surface area (Å²) in [5.74, 6) is -0.835. The van der Waals surface area contributed by atoms with Crippen LogP contribution < -0.4 is 10.2 Å². The van der Waals surface area contributed by atoms with Crippen LogP contribution in [0.4, 0.5) is 15.9 Å². The summed E-state index contributed by atoms with van der Waals surface area (Å²) in [6, 6.07) is 4.49. The predicted molar refractivity (Wildman–Crippen MR) is 86.0 cm³/mol. The molecule has 8 heteroatoms. The van der Waals surface area contributed by atoms with E-state index in [1.54, 1.807) is 37.7 Å². The second-order valence-electron chi connectivity index (χ2n) is 5.98. The molecule has 2 aromatic rings. The van der Waals surface area contributed by atoms with E-state index in [1.807, 2.05) is 0 Å². The quantitative estimate of drug-likeness (QED) is 0.926. The standard InChI is InChI=1S/C16H18FN5O2/c1-9-6-12(4-5-13(9)17)22-8-11(7-14(22)23)16(24)18-15-10(2)21(3)20-19-15/h4-6,11H,7-8H2,1-3H3,(H,18,24). The number of hydrogen-bond donors (Lipinski definition) is 1. The van der Waals surface area contributed by atoms with E-state index in [4.69, 9.17) is 0 Å². The SMILES string of the molecule is Cc1cc(N2CC(C(=O)Nc3nnn(C)c3C)CC2=O)ccc1F. The van der Waals surface area contributed by atoms with E-state index >= 15 is 0 Å². The van der Waals surface area contributed by atoms with E-state index in [0.717, 1.165) is 5.69 Å². The molecule has 1 atom stereocenters. The molecule has 1 unspecified atom stereocenters. The molecule has 1 aromatic heterocycles. The minimum absolute atomic E-state index is 0.113. The lowest BCUT2D eigenvalue weighted by molar-refractivity contribution is -0.122. The molecule has 7 nitrogen and oxygen atoms in total. The number of nitrogens with one attached hydrogen (secondary N) is 1. The third-order valence-electron chi connectivity index (χ3n) is 4.30. The first kappa shape index (κ1) is 16.1. The third-order valence-corrected chi connectivity index (χ3v) is 4.30. The van der Waals surface area contributed by atoms with Crippen LogP contribution in [0, 0.1) is 25.6 Å². The first-order chi connectivity index (χ1) is 11.4. The van der Waals surface area contributed by atoms with Gasteiger partial charge in [0.05, 0.1) is 11.6 Å². The minimum atomic E-state index is -0.482. The van der Waals surface area contributed by atoms with Gasteiger partial charge in [-0.15, -0.1) is 5.10 Å². The molecule has 1 aliphatic rings. The molecule has 1 aromatic carbocycles. The number of nitrogens with zero attached hydrogens (tertiary/aromatic N) is 4. The highest BCUT2D eigenvalue weighted by Gasteiger charge is 2.35. The van der Waals surface area contributed by atoms with Gasteiger partial charge in [-0.1, -0.05) is 5.21 Å². The number of carbonyl (C=O) groups excluding carboxylic acids is 2. The summed E-state index contributed by atoms with van der Waals surface area (Å²) in [7, 11) is 1.73. The van der Waals surface area contributed by atoms with E-state index < -0.39 is 5.92 Å². The second kappa shape index (κ2) is 6.03. The van der Waals surface area contributed by atoms with Gasteiger partial charge in [-0.05, 0) is 37.6 Å². The molecule has 0 aliphatic carbocycles. The normalized spacial score (nSPS) is 17.4. The highest BCUT2D eigenvalue weighted by atomic mass is 19.1. The van der Waals surface area contributed by atoms with Crippen molar-refractivity contribution in [3.05, 3.63) is 35.3 Å². The van der Waals surface area contributed by atoms with Crippen LogP contribution in [0.1, 0.15) is 17.7 Å². The zero-order chi connectivity index (χ0) is 17.4. The molecular weight excluding hydrogens is 313 g/mol. The van der Waals surface area contributed by atoms with E-state index in [1.165, 1.54) is 11.0 Å². The van der Waals surface area contributed by atoms with Crippen molar-refractivity contribution in [2.75, 3.05) is 16.8 Å². The Morgan fingerprint density at radius 1 is 1.38 bits per heavy atom. The molecule has 3 rings (SSSR count). The van der Waals surface area contributed by atoms with Gasteiger partial charge in [0, 0.05) is 25.7 Å². The topological polar surface area (TPSA) is 80.1 Å². The average molecular weight is 331 g/mol. The number of anilines is 2. The number of aromatic nitrogens is 3. The Morgan fingerprint density at radius 3 is 2.75 bits per heavy atom. The summed E-state index contributed by atoms with van der Waals surface area (Å²) in [6.07, 6.45) is 0.113. The van der Waals surface area contributed by atoms with Crippen molar-refractivity contribution < 1.29 is 14.0 Å². The smallest absolute Gasteiger partial charge is 0.231 e. The largest absolute Gasteiger partial charge is 0.312 e. The first-order valence-corrected chi connectivity index (χ1v) is 7.60. The molecule has 2 heterocycles. The number of carbonyl (C=O) groups is 2. The zero-order valence-corrected chi connectivity index (χ0v) is 13.7. The predicted octanol–water partition coefficient (Wildman–Crippen LogP) is 1.56. The van der Waals surface area contributed by atoms with E-state index in [0.29, 0.717) is 17.1 Å². The van der Waals surface area contributed by atoms with Crippen molar-refractivity contribution in [2.45, 2.75) is 20.3 Å². The summed E-state index contributed by atoms with van der Waals surface area (Å²) < 4.78 is 14.9. The Kier molecular flexibility index (Phi) is 4.04.